The minimum atomic E-state index is 0.390. The van der Waals surface area contributed by atoms with Crippen LogP contribution in [0, 0.1) is 30.6 Å². The minimum absolute atomic E-state index is 0.390. The normalized spacial score (nSPS) is 39.8. The number of rotatable bonds is 3. The predicted molar refractivity (Wildman–Crippen MR) is 72.7 cm³/mol. The molecule has 3 N–H and O–H groups in total. The van der Waals surface area contributed by atoms with Crippen LogP contribution in [0.5, 0.6) is 5.88 Å². The molecule has 1 aromatic rings. The first-order chi connectivity index (χ1) is 9.24. The van der Waals surface area contributed by atoms with Crippen LogP contribution >= 0.6 is 0 Å². The molecule has 4 saturated carbocycles. The van der Waals surface area contributed by atoms with Crippen molar-refractivity contribution in [3.63, 3.8) is 0 Å². The molecule has 0 aliphatic heterocycles. The van der Waals surface area contributed by atoms with Crippen molar-refractivity contribution in [3.8, 4) is 5.88 Å². The monoisotopic (exact) mass is 261 g/mol. The van der Waals surface area contributed by atoms with Crippen molar-refractivity contribution < 1.29 is 4.74 Å². The molecule has 4 fully saturated rings. The molecule has 4 nitrogen and oxygen atoms in total. The Morgan fingerprint density at radius 3 is 2.37 bits per heavy atom. The molecule has 0 radical (unpaired) electrons. The Balaban J connectivity index is 1.56. The lowest BCUT2D eigenvalue weighted by molar-refractivity contribution is -0.0808. The SMILES string of the molecule is Cc1[nH]nc(OC2C3CC4CC(C3)CC2C4)c1CN. The Morgan fingerprint density at radius 1 is 1.16 bits per heavy atom. The summed E-state index contributed by atoms with van der Waals surface area (Å²) in [6.45, 7) is 2.52. The van der Waals surface area contributed by atoms with Gasteiger partial charge in [0, 0.05) is 17.8 Å². The number of H-pyrrole nitrogens is 1. The summed E-state index contributed by atoms with van der Waals surface area (Å²) in [6.07, 6.45) is 7.37. The molecule has 0 atom stereocenters. The van der Waals surface area contributed by atoms with Gasteiger partial charge in [-0.05, 0) is 62.7 Å². The van der Waals surface area contributed by atoms with Crippen LogP contribution in [0.15, 0.2) is 0 Å². The van der Waals surface area contributed by atoms with Gasteiger partial charge in [0.2, 0.25) is 5.88 Å². The highest BCUT2D eigenvalue weighted by atomic mass is 16.5. The molecular formula is C15H23N3O. The maximum absolute atomic E-state index is 6.31. The van der Waals surface area contributed by atoms with Gasteiger partial charge in [0.25, 0.3) is 0 Å². The molecule has 0 spiro atoms. The number of aryl methyl sites for hydroxylation is 1. The van der Waals surface area contributed by atoms with E-state index in [9.17, 15) is 0 Å². The number of nitrogens with zero attached hydrogens (tertiary/aromatic N) is 1. The van der Waals surface area contributed by atoms with E-state index in [0.717, 1.165) is 40.8 Å². The third kappa shape index (κ3) is 1.80. The zero-order valence-electron chi connectivity index (χ0n) is 11.6. The van der Waals surface area contributed by atoms with Crippen molar-refractivity contribution in [2.24, 2.45) is 29.4 Å². The van der Waals surface area contributed by atoms with E-state index in [2.05, 4.69) is 10.2 Å². The van der Waals surface area contributed by atoms with Crippen LogP contribution in [0.25, 0.3) is 0 Å². The average molecular weight is 261 g/mol. The molecule has 0 amide bonds. The van der Waals surface area contributed by atoms with Crippen LogP contribution in [0.1, 0.15) is 43.4 Å². The van der Waals surface area contributed by atoms with E-state index in [0.29, 0.717) is 12.6 Å². The molecule has 0 unspecified atom stereocenters. The zero-order valence-corrected chi connectivity index (χ0v) is 11.6. The summed E-state index contributed by atoms with van der Waals surface area (Å²) >= 11 is 0. The number of nitrogens with two attached hydrogens (primary N) is 1. The largest absolute Gasteiger partial charge is 0.472 e. The van der Waals surface area contributed by atoms with Crippen molar-refractivity contribution in [2.45, 2.75) is 51.7 Å². The molecule has 19 heavy (non-hydrogen) atoms. The Bertz CT molecular complexity index is 454. The zero-order chi connectivity index (χ0) is 13.0. The van der Waals surface area contributed by atoms with Gasteiger partial charge in [-0.3, -0.25) is 5.10 Å². The number of hydrogen-bond acceptors (Lipinski definition) is 3. The van der Waals surface area contributed by atoms with E-state index < -0.39 is 0 Å². The van der Waals surface area contributed by atoms with E-state index >= 15 is 0 Å². The summed E-state index contributed by atoms with van der Waals surface area (Å²) in [5, 5.41) is 7.32. The summed E-state index contributed by atoms with van der Waals surface area (Å²) < 4.78 is 6.31. The number of aromatic amines is 1. The van der Waals surface area contributed by atoms with Crippen LogP contribution in [0.3, 0.4) is 0 Å². The van der Waals surface area contributed by atoms with Gasteiger partial charge in [0.05, 0.1) is 0 Å². The molecule has 4 aliphatic carbocycles. The molecule has 0 saturated heterocycles. The lowest BCUT2D eigenvalue weighted by Gasteiger charge is -2.53. The van der Waals surface area contributed by atoms with Crippen molar-refractivity contribution in [3.05, 3.63) is 11.3 Å². The van der Waals surface area contributed by atoms with Gasteiger partial charge in [-0.2, -0.15) is 0 Å². The molecule has 5 rings (SSSR count). The third-order valence-corrected chi connectivity index (χ3v) is 5.63. The fraction of sp³-hybridized carbons (Fsp3) is 0.800. The van der Waals surface area contributed by atoms with E-state index in [1.165, 1.54) is 32.1 Å². The fourth-order valence-corrected chi connectivity index (χ4v) is 4.96. The second-order valence-electron chi connectivity index (χ2n) is 6.85. The van der Waals surface area contributed by atoms with Crippen molar-refractivity contribution in [1.82, 2.24) is 10.2 Å². The van der Waals surface area contributed by atoms with Gasteiger partial charge in [-0.25, -0.2) is 0 Å². The topological polar surface area (TPSA) is 63.9 Å². The van der Waals surface area contributed by atoms with Crippen LogP contribution in [-0.4, -0.2) is 16.3 Å². The summed E-state index contributed by atoms with van der Waals surface area (Å²) in [5.41, 5.74) is 7.90. The second-order valence-corrected chi connectivity index (χ2v) is 6.85. The Kier molecular flexibility index (Phi) is 2.62. The third-order valence-electron chi connectivity index (χ3n) is 5.63. The molecule has 1 aromatic heterocycles. The highest BCUT2D eigenvalue weighted by molar-refractivity contribution is 5.29. The van der Waals surface area contributed by atoms with Gasteiger partial charge in [0.1, 0.15) is 6.10 Å². The lowest BCUT2D eigenvalue weighted by atomic mass is 9.55. The average Bonchev–Trinajstić information content (AvgIpc) is 2.73. The maximum Gasteiger partial charge on any atom is 0.237 e. The first-order valence-corrected chi connectivity index (χ1v) is 7.65. The minimum Gasteiger partial charge on any atom is -0.472 e. The van der Waals surface area contributed by atoms with Gasteiger partial charge in [-0.1, -0.05) is 0 Å². The van der Waals surface area contributed by atoms with Gasteiger partial charge in [-0.15, -0.1) is 5.10 Å². The molecule has 4 bridgehead atoms. The van der Waals surface area contributed by atoms with Crippen molar-refractivity contribution in [1.29, 1.82) is 0 Å². The highest BCUT2D eigenvalue weighted by Crippen LogP contribution is 2.54. The van der Waals surface area contributed by atoms with E-state index in [-0.39, 0.29) is 0 Å². The quantitative estimate of drug-likeness (QED) is 0.878. The van der Waals surface area contributed by atoms with E-state index in [4.69, 9.17) is 10.5 Å². The standard InChI is InChI=1S/C15H23N3O/c1-8-13(7-16)15(18-17-8)19-14-11-3-9-2-10(5-11)6-12(14)4-9/h9-12,14H,2-7,16H2,1H3,(H,17,18). The van der Waals surface area contributed by atoms with Gasteiger partial charge < -0.3 is 10.5 Å². The lowest BCUT2D eigenvalue weighted by Crippen LogP contribution is -2.50. The smallest absolute Gasteiger partial charge is 0.237 e. The number of nitrogens with one attached hydrogen (secondary N) is 1. The molecule has 0 aromatic carbocycles. The highest BCUT2D eigenvalue weighted by Gasteiger charge is 2.49. The maximum atomic E-state index is 6.31. The molecule has 1 heterocycles. The summed E-state index contributed by atoms with van der Waals surface area (Å²) in [6, 6.07) is 0. The molecular weight excluding hydrogens is 238 g/mol. The Hall–Kier alpha value is -1.03. The van der Waals surface area contributed by atoms with Crippen LogP contribution in [0.4, 0.5) is 0 Å². The second kappa shape index (κ2) is 4.23. The van der Waals surface area contributed by atoms with Gasteiger partial charge >= 0.3 is 0 Å². The first-order valence-electron chi connectivity index (χ1n) is 7.65. The molecule has 4 heteroatoms. The Morgan fingerprint density at radius 2 is 1.79 bits per heavy atom. The van der Waals surface area contributed by atoms with Crippen LogP contribution in [-0.2, 0) is 6.54 Å². The first kappa shape index (κ1) is 11.8. The summed E-state index contributed by atoms with van der Waals surface area (Å²) in [7, 11) is 0. The van der Waals surface area contributed by atoms with Gasteiger partial charge in [0.15, 0.2) is 0 Å². The number of hydrogen-bond donors (Lipinski definition) is 2. The molecule has 104 valence electrons. The number of ether oxygens (including phenoxy) is 1. The fourth-order valence-electron chi connectivity index (χ4n) is 4.96. The summed E-state index contributed by atoms with van der Waals surface area (Å²) in [5.74, 6) is 4.25. The Labute approximate surface area is 114 Å². The van der Waals surface area contributed by atoms with Crippen LogP contribution in [0.2, 0.25) is 0 Å². The van der Waals surface area contributed by atoms with Crippen molar-refractivity contribution in [2.75, 3.05) is 0 Å². The van der Waals surface area contributed by atoms with Crippen molar-refractivity contribution >= 4 is 0 Å². The van der Waals surface area contributed by atoms with E-state index in [1.807, 2.05) is 6.92 Å². The predicted octanol–water partition coefficient (Wildman–Crippen LogP) is 2.38. The molecule has 4 aliphatic rings. The number of aromatic nitrogens is 2. The summed E-state index contributed by atoms with van der Waals surface area (Å²) in [4.78, 5) is 0. The van der Waals surface area contributed by atoms with Crippen LogP contribution < -0.4 is 10.5 Å². The van der Waals surface area contributed by atoms with E-state index in [1.54, 1.807) is 0 Å².